The molecule has 10 heteroatoms. The van der Waals surface area contributed by atoms with Crippen molar-refractivity contribution in [3.8, 4) is 0 Å². The average Bonchev–Trinajstić information content (AvgIpc) is 3.17. The number of halogens is 3. The lowest BCUT2D eigenvalue weighted by Gasteiger charge is -2.33. The number of aryl methyl sites for hydroxylation is 1. The standard InChI is InChI=1S/C23H20Cl3N5O2/c1-13-10-29(16-6-4-15(24)5-7-16)22-27-20-19(30(22)11-13)21(32)31(23(33)28(20)2)12-14-3-8-17(25)18(26)9-14/h3-9,13H,10-12H2,1-2H3/t13-/m0/s1. The van der Waals surface area contributed by atoms with Gasteiger partial charge >= 0.3 is 5.69 Å². The molecule has 1 aliphatic rings. The molecule has 4 aromatic rings. The quantitative estimate of drug-likeness (QED) is 0.406. The Bertz CT molecular complexity index is 1500. The van der Waals surface area contributed by atoms with Gasteiger partial charge in [0, 0.05) is 30.8 Å². The monoisotopic (exact) mass is 503 g/mol. The van der Waals surface area contributed by atoms with E-state index in [4.69, 9.17) is 39.8 Å². The van der Waals surface area contributed by atoms with E-state index in [1.807, 2.05) is 28.8 Å². The Balaban J connectivity index is 1.70. The van der Waals surface area contributed by atoms with E-state index in [1.165, 1.54) is 9.13 Å². The molecule has 33 heavy (non-hydrogen) atoms. The summed E-state index contributed by atoms with van der Waals surface area (Å²) in [4.78, 5) is 33.5. The van der Waals surface area contributed by atoms with E-state index in [2.05, 4.69) is 11.8 Å². The molecule has 0 unspecified atom stereocenters. The average molecular weight is 505 g/mol. The Hall–Kier alpha value is -2.74. The van der Waals surface area contributed by atoms with E-state index >= 15 is 0 Å². The second-order valence-electron chi connectivity index (χ2n) is 8.37. The first-order valence-corrected chi connectivity index (χ1v) is 11.5. The van der Waals surface area contributed by atoms with Crippen LogP contribution in [-0.4, -0.2) is 25.2 Å². The van der Waals surface area contributed by atoms with Crippen LogP contribution in [0, 0.1) is 5.92 Å². The van der Waals surface area contributed by atoms with Gasteiger partial charge in [0.2, 0.25) is 5.95 Å². The summed E-state index contributed by atoms with van der Waals surface area (Å²) in [5.41, 5.74) is 1.56. The zero-order chi connectivity index (χ0) is 23.4. The van der Waals surface area contributed by atoms with Crippen molar-refractivity contribution in [2.45, 2.75) is 20.0 Å². The van der Waals surface area contributed by atoms with Crippen LogP contribution in [0.3, 0.4) is 0 Å². The molecule has 0 radical (unpaired) electrons. The van der Waals surface area contributed by atoms with Gasteiger partial charge in [0.1, 0.15) is 0 Å². The number of hydrogen-bond donors (Lipinski definition) is 0. The van der Waals surface area contributed by atoms with Crippen LogP contribution in [0.15, 0.2) is 52.1 Å². The Morgan fingerprint density at radius 3 is 2.42 bits per heavy atom. The molecule has 0 amide bonds. The molecule has 170 valence electrons. The number of imidazole rings is 1. The number of rotatable bonds is 3. The summed E-state index contributed by atoms with van der Waals surface area (Å²) < 4.78 is 4.54. The Morgan fingerprint density at radius 1 is 1.00 bits per heavy atom. The van der Waals surface area contributed by atoms with Gasteiger partial charge in [0.25, 0.3) is 5.56 Å². The molecule has 0 aliphatic carbocycles. The van der Waals surface area contributed by atoms with Crippen molar-refractivity contribution in [3.05, 3.63) is 83.9 Å². The molecule has 2 aromatic carbocycles. The number of hydrogen-bond acceptors (Lipinski definition) is 4. The van der Waals surface area contributed by atoms with Gasteiger partial charge in [0.05, 0.1) is 16.6 Å². The maximum atomic E-state index is 13.6. The highest BCUT2D eigenvalue weighted by atomic mass is 35.5. The van der Waals surface area contributed by atoms with Crippen LogP contribution in [0.4, 0.5) is 11.6 Å². The summed E-state index contributed by atoms with van der Waals surface area (Å²) in [5, 5.41) is 1.43. The maximum absolute atomic E-state index is 13.6. The number of fused-ring (bicyclic) bond motifs is 3. The fourth-order valence-electron chi connectivity index (χ4n) is 4.30. The van der Waals surface area contributed by atoms with Crippen LogP contribution in [0.1, 0.15) is 12.5 Å². The van der Waals surface area contributed by atoms with E-state index in [1.54, 1.807) is 25.2 Å². The molecule has 0 saturated carbocycles. The molecule has 2 aromatic heterocycles. The normalized spacial score (nSPS) is 15.8. The Labute approximate surface area is 204 Å². The van der Waals surface area contributed by atoms with Crippen LogP contribution >= 0.6 is 34.8 Å². The molecule has 0 bridgehead atoms. The van der Waals surface area contributed by atoms with E-state index in [9.17, 15) is 9.59 Å². The van der Waals surface area contributed by atoms with E-state index < -0.39 is 5.69 Å². The van der Waals surface area contributed by atoms with Crippen molar-refractivity contribution >= 4 is 57.6 Å². The Morgan fingerprint density at radius 2 is 1.73 bits per heavy atom. The number of anilines is 2. The SMILES string of the molecule is C[C@H]1CN(c2ccc(Cl)cc2)c2nc3c(c(=O)n(Cc4ccc(Cl)c(Cl)c4)c(=O)n3C)n2C1. The number of benzene rings is 2. The summed E-state index contributed by atoms with van der Waals surface area (Å²) in [7, 11) is 1.63. The highest BCUT2D eigenvalue weighted by molar-refractivity contribution is 6.42. The van der Waals surface area contributed by atoms with Crippen molar-refractivity contribution < 1.29 is 0 Å². The van der Waals surface area contributed by atoms with Gasteiger partial charge in [-0.2, -0.15) is 4.98 Å². The van der Waals surface area contributed by atoms with Crippen molar-refractivity contribution in [3.63, 3.8) is 0 Å². The zero-order valence-electron chi connectivity index (χ0n) is 17.9. The molecule has 7 nitrogen and oxygen atoms in total. The highest BCUT2D eigenvalue weighted by Crippen LogP contribution is 2.33. The smallest absolute Gasteiger partial charge is 0.312 e. The predicted octanol–water partition coefficient (Wildman–Crippen LogP) is 4.69. The van der Waals surface area contributed by atoms with Crippen LogP contribution in [0.25, 0.3) is 11.2 Å². The van der Waals surface area contributed by atoms with Crippen molar-refractivity contribution in [2.24, 2.45) is 13.0 Å². The Kier molecular flexibility index (Phi) is 5.51. The number of aromatic nitrogens is 4. The van der Waals surface area contributed by atoms with E-state index in [0.29, 0.717) is 44.3 Å². The summed E-state index contributed by atoms with van der Waals surface area (Å²) in [6, 6.07) is 12.6. The molecule has 0 N–H and O–H groups in total. The summed E-state index contributed by atoms with van der Waals surface area (Å²) in [6.07, 6.45) is 0. The van der Waals surface area contributed by atoms with E-state index in [-0.39, 0.29) is 18.0 Å². The van der Waals surface area contributed by atoms with Crippen LogP contribution in [-0.2, 0) is 20.1 Å². The minimum atomic E-state index is -0.444. The van der Waals surface area contributed by atoms with Crippen LogP contribution in [0.5, 0.6) is 0 Å². The van der Waals surface area contributed by atoms with Crippen molar-refractivity contribution in [2.75, 3.05) is 11.4 Å². The molecular formula is C23H20Cl3N5O2. The first kappa shape index (κ1) is 22.1. The first-order valence-electron chi connectivity index (χ1n) is 10.4. The molecule has 1 atom stereocenters. The molecule has 3 heterocycles. The highest BCUT2D eigenvalue weighted by Gasteiger charge is 2.29. The van der Waals surface area contributed by atoms with Crippen LogP contribution in [0.2, 0.25) is 15.1 Å². The molecule has 5 rings (SSSR count). The third-order valence-corrected chi connectivity index (χ3v) is 6.90. The zero-order valence-corrected chi connectivity index (χ0v) is 20.2. The van der Waals surface area contributed by atoms with Crippen LogP contribution < -0.4 is 16.1 Å². The third kappa shape index (κ3) is 3.74. The third-order valence-electron chi connectivity index (χ3n) is 5.91. The lowest BCUT2D eigenvalue weighted by Crippen LogP contribution is -2.40. The van der Waals surface area contributed by atoms with Gasteiger partial charge in [-0.25, -0.2) is 4.79 Å². The maximum Gasteiger partial charge on any atom is 0.332 e. The molecule has 0 saturated heterocycles. The molecule has 1 aliphatic heterocycles. The molecular weight excluding hydrogens is 485 g/mol. The minimum Gasteiger partial charge on any atom is -0.312 e. The lowest BCUT2D eigenvalue weighted by atomic mass is 10.1. The largest absolute Gasteiger partial charge is 0.332 e. The lowest BCUT2D eigenvalue weighted by molar-refractivity contribution is 0.458. The molecule has 0 spiro atoms. The second kappa shape index (κ2) is 8.24. The van der Waals surface area contributed by atoms with Gasteiger partial charge < -0.3 is 9.47 Å². The summed E-state index contributed by atoms with van der Waals surface area (Å²) >= 11 is 18.2. The van der Waals surface area contributed by atoms with Crippen molar-refractivity contribution in [1.29, 1.82) is 0 Å². The molecule has 0 fully saturated rings. The van der Waals surface area contributed by atoms with Gasteiger partial charge in [0.15, 0.2) is 11.2 Å². The summed E-state index contributed by atoms with van der Waals surface area (Å²) in [6.45, 7) is 3.55. The van der Waals surface area contributed by atoms with Gasteiger partial charge in [-0.15, -0.1) is 0 Å². The fraction of sp³-hybridized carbons (Fsp3) is 0.261. The second-order valence-corrected chi connectivity index (χ2v) is 9.62. The van der Waals surface area contributed by atoms with Gasteiger partial charge in [-0.1, -0.05) is 47.8 Å². The first-order chi connectivity index (χ1) is 15.7. The fourth-order valence-corrected chi connectivity index (χ4v) is 4.75. The van der Waals surface area contributed by atoms with Crippen molar-refractivity contribution in [1.82, 2.24) is 18.7 Å². The number of nitrogens with zero attached hydrogens (tertiary/aromatic N) is 5. The minimum absolute atomic E-state index is 0.0787. The van der Waals surface area contributed by atoms with Gasteiger partial charge in [-0.05, 0) is 47.9 Å². The predicted molar refractivity (Wildman–Crippen MR) is 132 cm³/mol. The van der Waals surface area contributed by atoms with E-state index in [0.717, 1.165) is 12.2 Å². The van der Waals surface area contributed by atoms with Gasteiger partial charge in [-0.3, -0.25) is 13.9 Å². The topological polar surface area (TPSA) is 65.1 Å². The summed E-state index contributed by atoms with van der Waals surface area (Å²) in [5.74, 6) is 0.885.